The summed E-state index contributed by atoms with van der Waals surface area (Å²) in [7, 11) is 11.8. The van der Waals surface area contributed by atoms with Crippen LogP contribution in [-0.2, 0) is 11.8 Å². The molecule has 1 atom stereocenters. The first kappa shape index (κ1) is 23.4. The Balaban J connectivity index is 1.39. The Kier molecular flexibility index (Phi) is 6.00. The van der Waals surface area contributed by atoms with Gasteiger partial charge in [-0.25, -0.2) is 15.0 Å². The van der Waals surface area contributed by atoms with E-state index in [4.69, 9.17) is 38.8 Å². The summed E-state index contributed by atoms with van der Waals surface area (Å²) in [5.74, 6) is 0.671. The number of nitrogen functional groups attached to an aromatic ring is 1. The molecule has 4 radical (unpaired) electrons. The van der Waals surface area contributed by atoms with Crippen LogP contribution in [0.5, 0.6) is 0 Å². The number of rotatable bonds is 4. The molecule has 1 aliphatic carbocycles. The van der Waals surface area contributed by atoms with E-state index in [1.165, 1.54) is 11.8 Å². The summed E-state index contributed by atoms with van der Waals surface area (Å²) >= 11 is 7.49. The average molecular weight is 490 g/mol. The average Bonchev–Trinajstić information content (AvgIpc) is 3.08. The lowest BCUT2D eigenvalue weighted by Gasteiger charge is -2.43. The van der Waals surface area contributed by atoms with Gasteiger partial charge in [-0.3, -0.25) is 4.98 Å². The zero-order valence-corrected chi connectivity index (χ0v) is 19.9. The van der Waals surface area contributed by atoms with Crippen LogP contribution in [0.4, 0.5) is 11.6 Å². The molecule has 8 nitrogen and oxygen atoms in total. The van der Waals surface area contributed by atoms with Crippen molar-refractivity contribution in [1.82, 2.24) is 19.9 Å². The zero-order valence-electron chi connectivity index (χ0n) is 18.4. The maximum Gasteiger partial charge on any atom is 0.151 e. The number of hydrogen-bond donors (Lipinski definition) is 3. The molecular formula is C22H22B2ClN7OS. The van der Waals surface area contributed by atoms with Crippen molar-refractivity contribution in [2.45, 2.75) is 40.6 Å². The van der Waals surface area contributed by atoms with Crippen LogP contribution < -0.4 is 16.4 Å². The fourth-order valence-electron chi connectivity index (χ4n) is 4.85. The molecule has 3 aromatic rings. The fourth-order valence-corrected chi connectivity index (χ4v) is 5.87. The van der Waals surface area contributed by atoms with Gasteiger partial charge >= 0.3 is 0 Å². The number of hydrogen-bond acceptors (Lipinski definition) is 9. The molecule has 12 heteroatoms. The van der Waals surface area contributed by atoms with Gasteiger partial charge in [0, 0.05) is 47.5 Å². The van der Waals surface area contributed by atoms with Gasteiger partial charge in [0.2, 0.25) is 0 Å². The topological polar surface area (TPSA) is 127 Å². The van der Waals surface area contributed by atoms with Crippen LogP contribution in [0.1, 0.15) is 35.8 Å². The SMILES string of the molecule is [B]C([B])(O)c1nc(Sc2ccnc(N)c2Cl)cnc1N1CCC2(CC1)Cc1ncccc1[C@H]2N. The van der Waals surface area contributed by atoms with Crippen molar-refractivity contribution in [2.24, 2.45) is 11.1 Å². The predicted molar refractivity (Wildman–Crippen MR) is 134 cm³/mol. The van der Waals surface area contributed by atoms with E-state index >= 15 is 0 Å². The van der Waals surface area contributed by atoms with Crippen molar-refractivity contribution in [3.05, 3.63) is 58.8 Å². The van der Waals surface area contributed by atoms with Gasteiger partial charge < -0.3 is 21.5 Å². The minimum absolute atomic E-state index is 0.0453. The van der Waals surface area contributed by atoms with Crippen molar-refractivity contribution in [2.75, 3.05) is 23.7 Å². The molecule has 0 bridgehead atoms. The van der Waals surface area contributed by atoms with E-state index in [2.05, 4.69) is 26.0 Å². The van der Waals surface area contributed by atoms with Crippen LogP contribution in [0.2, 0.25) is 5.02 Å². The van der Waals surface area contributed by atoms with Gasteiger partial charge in [-0.1, -0.05) is 29.4 Å². The minimum atomic E-state index is -2.17. The number of anilines is 2. The first-order chi connectivity index (χ1) is 16.2. The molecule has 0 amide bonds. The summed E-state index contributed by atoms with van der Waals surface area (Å²) in [6.45, 7) is 1.36. The maximum atomic E-state index is 10.5. The smallest absolute Gasteiger partial charge is 0.151 e. The highest BCUT2D eigenvalue weighted by Gasteiger charge is 2.47. The van der Waals surface area contributed by atoms with Crippen molar-refractivity contribution in [3.8, 4) is 0 Å². The monoisotopic (exact) mass is 489 g/mol. The summed E-state index contributed by atoms with van der Waals surface area (Å²) in [6, 6.07) is 5.67. The van der Waals surface area contributed by atoms with Crippen molar-refractivity contribution in [1.29, 1.82) is 0 Å². The van der Waals surface area contributed by atoms with E-state index in [9.17, 15) is 5.11 Å². The van der Waals surface area contributed by atoms with Gasteiger partial charge in [-0.15, -0.1) is 0 Å². The standard InChI is InChI=1S/C22H22B2ClN7OS/c23-22(24,33)18-20(30-11-15(31-18)34-14-3-7-29-19(27)16(14)25)32-8-4-21(5-9-32)10-13-12(17(21)26)2-1-6-28-13/h1-3,6-7,11,17,33H,4-5,8-10,26H2,(H2,27,29)/t17-/m1/s1. The Bertz CT molecular complexity index is 1230. The third-order valence-corrected chi connectivity index (χ3v) is 8.18. The lowest BCUT2D eigenvalue weighted by Crippen LogP contribution is -2.45. The van der Waals surface area contributed by atoms with Gasteiger partial charge in [-0.05, 0) is 42.4 Å². The number of aromatic nitrogens is 4. The second-order valence-electron chi connectivity index (χ2n) is 8.86. The molecule has 1 spiro atoms. The molecule has 34 heavy (non-hydrogen) atoms. The van der Waals surface area contributed by atoms with Crippen molar-refractivity contribution < 1.29 is 5.11 Å². The summed E-state index contributed by atoms with van der Waals surface area (Å²) in [6.07, 6.45) is 7.54. The number of fused-ring (bicyclic) bond motifs is 1. The highest BCUT2D eigenvalue weighted by atomic mass is 35.5. The third-order valence-electron chi connectivity index (χ3n) is 6.70. The first-order valence-corrected chi connectivity index (χ1v) is 12.1. The quantitative estimate of drug-likeness (QED) is 0.471. The lowest BCUT2D eigenvalue weighted by molar-refractivity contribution is 0.184. The Morgan fingerprint density at radius 2 is 1.94 bits per heavy atom. The summed E-state index contributed by atoms with van der Waals surface area (Å²) < 4.78 is 0. The molecule has 5 rings (SSSR count). The normalized spacial score (nSPS) is 19.4. The fraction of sp³-hybridized carbons (Fsp3) is 0.364. The maximum absolute atomic E-state index is 10.5. The Morgan fingerprint density at radius 3 is 2.65 bits per heavy atom. The number of nitrogens with zero attached hydrogens (tertiary/aromatic N) is 5. The van der Waals surface area contributed by atoms with Gasteiger partial charge in [0.25, 0.3) is 0 Å². The van der Waals surface area contributed by atoms with Crippen LogP contribution in [-0.4, -0.2) is 53.8 Å². The minimum Gasteiger partial charge on any atom is -0.403 e. The molecule has 0 aromatic carbocycles. The zero-order chi connectivity index (χ0) is 24.1. The van der Waals surface area contributed by atoms with Gasteiger partial charge in [0.1, 0.15) is 26.5 Å². The Morgan fingerprint density at radius 1 is 1.18 bits per heavy atom. The van der Waals surface area contributed by atoms with Gasteiger partial charge in [0.15, 0.2) is 5.82 Å². The number of nitrogens with two attached hydrogens (primary N) is 2. The van der Waals surface area contributed by atoms with E-state index < -0.39 is 5.40 Å². The molecule has 0 unspecified atom stereocenters. The molecule has 5 N–H and O–H groups in total. The third kappa shape index (κ3) is 4.15. The van der Waals surface area contributed by atoms with E-state index in [-0.39, 0.29) is 23.0 Å². The van der Waals surface area contributed by atoms with Crippen molar-refractivity contribution in [3.63, 3.8) is 0 Å². The van der Waals surface area contributed by atoms with Crippen LogP contribution >= 0.6 is 23.4 Å². The number of pyridine rings is 2. The highest BCUT2D eigenvalue weighted by Crippen LogP contribution is 2.50. The number of piperidine rings is 1. The molecular weight excluding hydrogens is 467 g/mol. The predicted octanol–water partition coefficient (Wildman–Crippen LogP) is 1.94. The largest absolute Gasteiger partial charge is 0.403 e. The molecule has 0 saturated carbocycles. The molecule has 170 valence electrons. The first-order valence-electron chi connectivity index (χ1n) is 10.9. The molecule has 2 aliphatic rings. The Hall–Kier alpha value is -2.33. The van der Waals surface area contributed by atoms with Crippen LogP contribution in [0, 0.1) is 5.41 Å². The molecule has 1 aliphatic heterocycles. The molecule has 3 aromatic heterocycles. The molecule has 1 fully saturated rings. The number of halogens is 1. The second-order valence-corrected chi connectivity index (χ2v) is 10.3. The van der Waals surface area contributed by atoms with E-state index in [0.29, 0.717) is 33.9 Å². The van der Waals surface area contributed by atoms with Gasteiger partial charge in [-0.2, -0.15) is 0 Å². The number of aliphatic hydroxyl groups is 1. The Labute approximate surface area is 209 Å². The van der Waals surface area contributed by atoms with Crippen LogP contribution in [0.15, 0.2) is 46.7 Å². The summed E-state index contributed by atoms with van der Waals surface area (Å²) in [4.78, 5) is 20.3. The van der Waals surface area contributed by atoms with E-state index in [1.807, 2.05) is 17.2 Å². The highest BCUT2D eigenvalue weighted by molar-refractivity contribution is 7.99. The van der Waals surface area contributed by atoms with E-state index in [1.54, 1.807) is 18.5 Å². The second kappa shape index (κ2) is 8.71. The lowest BCUT2D eigenvalue weighted by atomic mass is 9.63. The molecule has 4 heterocycles. The summed E-state index contributed by atoms with van der Waals surface area (Å²) in [5, 5.41) is 9.11. The van der Waals surface area contributed by atoms with E-state index in [0.717, 1.165) is 30.5 Å². The van der Waals surface area contributed by atoms with Crippen molar-refractivity contribution >= 4 is 50.7 Å². The van der Waals surface area contributed by atoms with Gasteiger partial charge in [0.05, 0.1) is 16.9 Å². The molecule has 1 saturated heterocycles. The van der Waals surface area contributed by atoms with Crippen LogP contribution in [0.25, 0.3) is 0 Å². The van der Waals surface area contributed by atoms with Crippen LogP contribution in [0.3, 0.4) is 0 Å². The summed E-state index contributed by atoms with van der Waals surface area (Å²) in [5.41, 5.74) is 14.7.